The molecule has 2 heterocycles. The van der Waals surface area contributed by atoms with Gasteiger partial charge in [0.05, 0.1) is 14.9 Å². The molecule has 2 unspecified atom stereocenters. The molecule has 2 aliphatic rings. The van der Waals surface area contributed by atoms with E-state index in [-0.39, 0.29) is 13.1 Å². The molecule has 2 aliphatic heterocycles. The lowest BCUT2D eigenvalue weighted by molar-refractivity contribution is -0.159. The number of hydrazine groups is 1. The number of rotatable bonds is 1. The van der Waals surface area contributed by atoms with Crippen LogP contribution in [0.25, 0.3) is 0 Å². The number of hydrogen-bond donors (Lipinski definition) is 3. The van der Waals surface area contributed by atoms with Gasteiger partial charge in [0.15, 0.2) is 12.5 Å². The van der Waals surface area contributed by atoms with Crippen LogP contribution in [0.5, 0.6) is 0 Å². The third-order valence-corrected chi connectivity index (χ3v) is 4.95. The quantitative estimate of drug-likeness (QED) is 0.606. The Balaban J connectivity index is 2.26. The molecule has 0 aromatic rings. The second-order valence-electron chi connectivity index (χ2n) is 3.72. The van der Waals surface area contributed by atoms with E-state index in [2.05, 4.69) is 31.9 Å². The molecule has 90 valence electrons. The number of nitrogens with zero attached hydrogens (tertiary/aromatic N) is 2. The third kappa shape index (κ3) is 1.83. The van der Waals surface area contributed by atoms with Crippen molar-refractivity contribution >= 4 is 37.8 Å². The zero-order chi connectivity index (χ0) is 12.0. The Hall–Kier alpha value is 0.01000. The van der Waals surface area contributed by atoms with Crippen LogP contribution >= 0.6 is 31.9 Å². The van der Waals surface area contributed by atoms with Gasteiger partial charge in [-0.15, -0.1) is 0 Å². The zero-order valence-corrected chi connectivity index (χ0v) is 11.2. The summed E-state index contributed by atoms with van der Waals surface area (Å²) >= 11 is 6.32. The molecule has 0 bridgehead atoms. The molecule has 0 amide bonds. The lowest BCUT2D eigenvalue weighted by Crippen LogP contribution is -2.53. The van der Waals surface area contributed by atoms with E-state index in [4.69, 9.17) is 5.11 Å². The number of fused-ring (bicyclic) bond motifs is 1. The standard InChI is InChI=1S/C8H10Br2N2O4/c9-4-5(10)7(14)12-2-3(8(15)16)1-11(12)6(4)13/h3,6-7,13-14H,1-2H2,(H,15,16). The Labute approximate surface area is 108 Å². The molecule has 1 saturated heterocycles. The summed E-state index contributed by atoms with van der Waals surface area (Å²) in [5.74, 6) is -1.54. The minimum atomic E-state index is -0.956. The van der Waals surface area contributed by atoms with Gasteiger partial charge in [-0.2, -0.15) is 0 Å². The molecule has 0 aromatic carbocycles. The van der Waals surface area contributed by atoms with Crippen LogP contribution < -0.4 is 0 Å². The highest BCUT2D eigenvalue weighted by molar-refractivity contribution is 9.14. The molecule has 0 aliphatic carbocycles. The lowest BCUT2D eigenvalue weighted by Gasteiger charge is -2.39. The number of hydrogen-bond acceptors (Lipinski definition) is 5. The maximum atomic E-state index is 10.9. The second-order valence-corrected chi connectivity index (χ2v) is 5.43. The SMILES string of the molecule is O=C(O)C1CN2C(O)C(Br)=C(Br)C(O)N2C1. The number of halogens is 2. The van der Waals surface area contributed by atoms with E-state index in [1.165, 1.54) is 10.0 Å². The van der Waals surface area contributed by atoms with Crippen LogP contribution in [0.4, 0.5) is 0 Å². The number of carbonyl (C=O) groups is 1. The Bertz CT molecular complexity index is 336. The Morgan fingerprint density at radius 3 is 1.81 bits per heavy atom. The zero-order valence-electron chi connectivity index (χ0n) is 8.05. The molecule has 0 saturated carbocycles. The number of carboxylic acids is 1. The van der Waals surface area contributed by atoms with Crippen molar-refractivity contribution in [2.75, 3.05) is 13.1 Å². The summed E-state index contributed by atoms with van der Waals surface area (Å²) in [5, 5.41) is 31.6. The van der Waals surface area contributed by atoms with Gasteiger partial charge in [-0.3, -0.25) is 4.79 Å². The van der Waals surface area contributed by atoms with Crippen LogP contribution in [-0.4, -0.2) is 56.9 Å². The highest BCUT2D eigenvalue weighted by atomic mass is 79.9. The maximum Gasteiger partial charge on any atom is 0.309 e. The van der Waals surface area contributed by atoms with Gasteiger partial charge in [0.1, 0.15) is 0 Å². The summed E-state index contributed by atoms with van der Waals surface area (Å²) in [7, 11) is 0. The summed E-state index contributed by atoms with van der Waals surface area (Å²) < 4.78 is 0.838. The summed E-state index contributed by atoms with van der Waals surface area (Å²) in [6, 6.07) is 0. The maximum absolute atomic E-state index is 10.9. The van der Waals surface area contributed by atoms with Crippen molar-refractivity contribution in [2.45, 2.75) is 12.5 Å². The summed E-state index contributed by atoms with van der Waals surface area (Å²) in [4.78, 5) is 10.9. The van der Waals surface area contributed by atoms with E-state index in [9.17, 15) is 15.0 Å². The van der Waals surface area contributed by atoms with E-state index in [0.717, 1.165) is 0 Å². The second kappa shape index (κ2) is 4.35. The van der Waals surface area contributed by atoms with Crippen molar-refractivity contribution in [3.8, 4) is 0 Å². The first-order valence-corrected chi connectivity index (χ1v) is 6.19. The molecular weight excluding hydrogens is 348 g/mol. The fourth-order valence-electron chi connectivity index (χ4n) is 1.86. The highest BCUT2D eigenvalue weighted by Crippen LogP contribution is 2.37. The van der Waals surface area contributed by atoms with Gasteiger partial charge in [-0.25, -0.2) is 10.0 Å². The third-order valence-electron chi connectivity index (χ3n) is 2.74. The Kier molecular flexibility index (Phi) is 3.39. The topological polar surface area (TPSA) is 84.2 Å². The van der Waals surface area contributed by atoms with Gasteiger partial charge < -0.3 is 15.3 Å². The predicted octanol–water partition coefficient (Wildman–Crippen LogP) is -0.128. The van der Waals surface area contributed by atoms with Crippen molar-refractivity contribution < 1.29 is 20.1 Å². The van der Waals surface area contributed by atoms with Crippen molar-refractivity contribution in [3.05, 3.63) is 8.96 Å². The summed E-state index contributed by atoms with van der Waals surface area (Å²) in [6.45, 7) is 0.367. The molecule has 8 heteroatoms. The number of aliphatic carboxylic acids is 1. The minimum Gasteiger partial charge on any atom is -0.481 e. The van der Waals surface area contributed by atoms with Crippen LogP contribution in [0, 0.1) is 5.92 Å². The smallest absolute Gasteiger partial charge is 0.309 e. The highest BCUT2D eigenvalue weighted by Gasteiger charge is 2.46. The molecule has 1 fully saturated rings. The largest absolute Gasteiger partial charge is 0.481 e. The van der Waals surface area contributed by atoms with E-state index in [0.29, 0.717) is 8.96 Å². The predicted molar refractivity (Wildman–Crippen MR) is 61.4 cm³/mol. The van der Waals surface area contributed by atoms with E-state index in [1.807, 2.05) is 0 Å². The van der Waals surface area contributed by atoms with Gasteiger partial charge >= 0.3 is 5.97 Å². The summed E-state index contributed by atoms with van der Waals surface area (Å²) in [6.07, 6.45) is -1.91. The van der Waals surface area contributed by atoms with Crippen LogP contribution in [0.2, 0.25) is 0 Å². The number of carboxylic acid groups (broad SMARTS) is 1. The molecule has 2 rings (SSSR count). The van der Waals surface area contributed by atoms with E-state index < -0.39 is 24.3 Å². The van der Waals surface area contributed by atoms with Crippen LogP contribution in [0.15, 0.2) is 8.96 Å². The van der Waals surface area contributed by atoms with E-state index >= 15 is 0 Å². The fraction of sp³-hybridized carbons (Fsp3) is 0.625. The van der Waals surface area contributed by atoms with Gasteiger partial charge in [0, 0.05) is 13.1 Å². The first-order chi connectivity index (χ1) is 7.43. The first-order valence-electron chi connectivity index (χ1n) is 4.60. The first kappa shape index (κ1) is 12.5. The Morgan fingerprint density at radius 2 is 1.50 bits per heavy atom. The fourth-order valence-corrected chi connectivity index (χ4v) is 2.75. The molecule has 6 nitrogen and oxygen atoms in total. The molecule has 0 spiro atoms. The molecule has 16 heavy (non-hydrogen) atoms. The normalized spacial score (nSPS) is 36.6. The van der Waals surface area contributed by atoms with Crippen molar-refractivity contribution in [1.82, 2.24) is 10.0 Å². The van der Waals surface area contributed by atoms with Crippen LogP contribution in [0.3, 0.4) is 0 Å². The average molecular weight is 358 g/mol. The molecule has 0 radical (unpaired) electrons. The van der Waals surface area contributed by atoms with Gasteiger partial charge in [-0.05, 0) is 0 Å². The van der Waals surface area contributed by atoms with Gasteiger partial charge in [0.2, 0.25) is 0 Å². The minimum absolute atomic E-state index is 0.183. The van der Waals surface area contributed by atoms with Crippen LogP contribution in [0.1, 0.15) is 0 Å². The van der Waals surface area contributed by atoms with Crippen molar-refractivity contribution in [1.29, 1.82) is 0 Å². The molecule has 3 N–H and O–H groups in total. The van der Waals surface area contributed by atoms with Gasteiger partial charge in [-0.1, -0.05) is 31.9 Å². The average Bonchev–Trinajstić information content (AvgIpc) is 2.68. The van der Waals surface area contributed by atoms with Crippen LogP contribution in [-0.2, 0) is 4.79 Å². The lowest BCUT2D eigenvalue weighted by atomic mass is 10.2. The van der Waals surface area contributed by atoms with E-state index in [1.54, 1.807) is 0 Å². The molecular formula is C8H10Br2N2O4. The van der Waals surface area contributed by atoms with Gasteiger partial charge in [0.25, 0.3) is 0 Å². The number of aliphatic hydroxyl groups excluding tert-OH is 2. The van der Waals surface area contributed by atoms with Crippen molar-refractivity contribution in [2.24, 2.45) is 5.92 Å². The monoisotopic (exact) mass is 356 g/mol. The number of aliphatic hydroxyl groups is 2. The Morgan fingerprint density at radius 1 is 1.12 bits per heavy atom. The molecule has 2 atom stereocenters. The summed E-state index contributed by atoms with van der Waals surface area (Å²) in [5.41, 5.74) is 0. The molecule has 0 aromatic heterocycles. The van der Waals surface area contributed by atoms with Crippen molar-refractivity contribution in [3.63, 3.8) is 0 Å².